The van der Waals surface area contributed by atoms with Gasteiger partial charge in [0.25, 0.3) is 0 Å². The third-order valence-corrected chi connectivity index (χ3v) is 8.61. The summed E-state index contributed by atoms with van der Waals surface area (Å²) in [6.45, 7) is 8.48. The van der Waals surface area contributed by atoms with Crippen molar-refractivity contribution in [3.8, 4) is 0 Å². The molecule has 0 saturated heterocycles. The lowest BCUT2D eigenvalue weighted by Crippen LogP contribution is -2.66. The van der Waals surface area contributed by atoms with E-state index >= 15 is 0 Å². The van der Waals surface area contributed by atoms with Gasteiger partial charge in [0.1, 0.15) is 5.41 Å². The van der Waals surface area contributed by atoms with E-state index in [0.29, 0.717) is 51.4 Å². The van der Waals surface area contributed by atoms with E-state index in [0.717, 1.165) is 38.5 Å². The van der Waals surface area contributed by atoms with Crippen LogP contribution in [0.1, 0.15) is 118 Å². The van der Waals surface area contributed by atoms with Crippen LogP contribution in [0.5, 0.6) is 0 Å². The van der Waals surface area contributed by atoms with Gasteiger partial charge >= 0.3 is 0 Å². The van der Waals surface area contributed by atoms with E-state index in [4.69, 9.17) is 5.73 Å². The van der Waals surface area contributed by atoms with Gasteiger partial charge in [-0.2, -0.15) is 0 Å². The minimum Gasteiger partial charge on any atom is -0.388 e. The number of aliphatic hydroxyl groups is 2. The van der Waals surface area contributed by atoms with Crippen LogP contribution in [0.4, 0.5) is 0 Å². The number of hydrogen-bond acceptors (Lipinski definition) is 4. The van der Waals surface area contributed by atoms with Crippen LogP contribution in [0.15, 0.2) is 0 Å². The number of nitrogens with two attached hydrogens (primary N) is 1. The molecule has 6 nitrogen and oxygen atoms in total. The summed E-state index contributed by atoms with van der Waals surface area (Å²) in [5.74, 6) is -0.277. The van der Waals surface area contributed by atoms with Crippen molar-refractivity contribution >= 4 is 11.8 Å². The summed E-state index contributed by atoms with van der Waals surface area (Å²) in [6, 6.07) is -0.839. The lowest BCUT2D eigenvalue weighted by molar-refractivity contribution is -0.174. The maximum atomic E-state index is 14.3. The summed E-state index contributed by atoms with van der Waals surface area (Å²) in [5.41, 5.74) is 2.63. The van der Waals surface area contributed by atoms with Crippen molar-refractivity contribution in [1.29, 1.82) is 0 Å². The second kappa shape index (κ2) is 10.2. The molecule has 0 radical (unpaired) electrons. The van der Waals surface area contributed by atoms with Crippen molar-refractivity contribution in [3.63, 3.8) is 0 Å². The number of nitrogens with zero attached hydrogens (tertiary/aromatic N) is 1. The molecular weight excluding hydrogens is 416 g/mol. The van der Waals surface area contributed by atoms with Gasteiger partial charge in [0.2, 0.25) is 11.8 Å². The molecule has 0 heterocycles. The van der Waals surface area contributed by atoms with E-state index in [9.17, 15) is 19.8 Å². The van der Waals surface area contributed by atoms with Crippen LogP contribution in [0.2, 0.25) is 0 Å². The first-order valence-corrected chi connectivity index (χ1v) is 13.5. The van der Waals surface area contributed by atoms with Crippen molar-refractivity contribution in [2.75, 3.05) is 0 Å². The highest BCUT2D eigenvalue weighted by molar-refractivity contribution is 6.07. The zero-order valence-electron chi connectivity index (χ0n) is 21.4. The van der Waals surface area contributed by atoms with Gasteiger partial charge in [-0.3, -0.25) is 9.59 Å². The van der Waals surface area contributed by atoms with E-state index in [2.05, 4.69) is 27.7 Å². The Bertz CT molecular complexity index is 650. The Morgan fingerprint density at radius 2 is 1.09 bits per heavy atom. The van der Waals surface area contributed by atoms with Crippen LogP contribution < -0.4 is 5.73 Å². The highest BCUT2D eigenvalue weighted by Crippen LogP contribution is 2.51. The van der Waals surface area contributed by atoms with Crippen LogP contribution in [0, 0.1) is 17.3 Å². The third kappa shape index (κ3) is 5.58. The summed E-state index contributed by atoms with van der Waals surface area (Å²) >= 11 is 0. The molecule has 3 aliphatic carbocycles. The molecule has 3 rings (SSSR count). The van der Waals surface area contributed by atoms with Gasteiger partial charge in [-0.05, 0) is 63.2 Å². The van der Waals surface area contributed by atoms with E-state index in [1.807, 2.05) is 4.90 Å². The lowest BCUT2D eigenvalue weighted by atomic mass is 9.71. The van der Waals surface area contributed by atoms with Crippen LogP contribution in [0.3, 0.4) is 0 Å². The number of rotatable bonds is 10. The maximum absolute atomic E-state index is 14.3. The van der Waals surface area contributed by atoms with Gasteiger partial charge in [-0.25, -0.2) is 0 Å². The summed E-state index contributed by atoms with van der Waals surface area (Å²) < 4.78 is 0. The average Bonchev–Trinajstić information content (AvgIpc) is 3.55. The molecule has 3 aliphatic rings. The molecule has 190 valence electrons. The molecule has 0 aromatic heterocycles. The largest absolute Gasteiger partial charge is 0.388 e. The zero-order valence-corrected chi connectivity index (χ0v) is 21.4. The second-order valence-corrected chi connectivity index (χ2v) is 12.3. The maximum Gasteiger partial charge on any atom is 0.238 e. The van der Waals surface area contributed by atoms with Gasteiger partial charge in [-0.15, -0.1) is 0 Å². The standard InChI is InChI=1S/C27H48N2O4/c1-19(2)17-21(26(32)11-7-5-8-12-26)29(24(31)25(15-16-25)23(28)30)22(18-20(3)4)27(33)13-9-6-10-14-27/h19-22,32-33H,5-18H2,1-4H3,(H2,28,30). The smallest absolute Gasteiger partial charge is 0.238 e. The topological polar surface area (TPSA) is 104 Å². The van der Waals surface area contributed by atoms with Gasteiger partial charge in [0, 0.05) is 0 Å². The molecule has 2 amide bonds. The monoisotopic (exact) mass is 464 g/mol. The normalized spacial score (nSPS) is 25.5. The Kier molecular flexibility index (Phi) is 8.20. The molecule has 0 bridgehead atoms. The molecular formula is C27H48N2O4. The molecule has 33 heavy (non-hydrogen) atoms. The van der Waals surface area contributed by atoms with Crippen molar-refractivity contribution in [1.82, 2.24) is 4.90 Å². The predicted octanol–water partition coefficient (Wildman–Crippen LogP) is 4.30. The molecule has 2 unspecified atom stereocenters. The van der Waals surface area contributed by atoms with Crippen molar-refractivity contribution in [2.45, 2.75) is 141 Å². The fourth-order valence-electron chi connectivity index (χ4n) is 6.51. The quantitative estimate of drug-likeness (QED) is 0.419. The molecule has 3 fully saturated rings. The SMILES string of the molecule is CC(C)CC(N(C(=O)C1(C(N)=O)CC1)C(CC(C)C)C1(O)CCCCC1)C1(O)CCCCC1. The van der Waals surface area contributed by atoms with E-state index in [1.54, 1.807) is 0 Å². The van der Waals surface area contributed by atoms with E-state index in [1.165, 1.54) is 0 Å². The Morgan fingerprint density at radius 3 is 1.36 bits per heavy atom. The number of carbonyl (C=O) groups is 2. The first-order valence-electron chi connectivity index (χ1n) is 13.5. The Labute approximate surface area is 200 Å². The van der Waals surface area contributed by atoms with Crippen molar-refractivity contribution in [3.05, 3.63) is 0 Å². The predicted molar refractivity (Wildman–Crippen MR) is 130 cm³/mol. The van der Waals surface area contributed by atoms with E-state index in [-0.39, 0.29) is 17.7 Å². The summed E-state index contributed by atoms with van der Waals surface area (Å²) in [6.07, 6.45) is 10.8. The number of primary amides is 1. The molecule has 2 atom stereocenters. The minimum atomic E-state index is -1.17. The fourth-order valence-corrected chi connectivity index (χ4v) is 6.51. The fraction of sp³-hybridized carbons (Fsp3) is 0.926. The molecule has 0 aromatic carbocycles. The number of carbonyl (C=O) groups excluding carboxylic acids is 2. The van der Waals surface area contributed by atoms with Gasteiger partial charge < -0.3 is 20.8 Å². The molecule has 6 heteroatoms. The van der Waals surface area contributed by atoms with Crippen molar-refractivity contribution < 1.29 is 19.8 Å². The van der Waals surface area contributed by atoms with E-state index < -0.39 is 34.6 Å². The third-order valence-electron chi connectivity index (χ3n) is 8.61. The highest BCUT2D eigenvalue weighted by atomic mass is 16.3. The average molecular weight is 465 g/mol. The Hall–Kier alpha value is -1.14. The van der Waals surface area contributed by atoms with Crippen LogP contribution in [-0.4, -0.2) is 50.2 Å². The molecule has 0 spiro atoms. The summed E-state index contributed by atoms with van der Waals surface area (Å²) in [5, 5.41) is 24.0. The van der Waals surface area contributed by atoms with Gasteiger partial charge in [0.05, 0.1) is 23.3 Å². The van der Waals surface area contributed by atoms with Gasteiger partial charge in [0.15, 0.2) is 0 Å². The lowest BCUT2D eigenvalue weighted by Gasteiger charge is -2.54. The zero-order chi connectivity index (χ0) is 24.4. The first kappa shape index (κ1) is 26.5. The molecule has 0 aromatic rings. The highest BCUT2D eigenvalue weighted by Gasteiger charge is 2.61. The molecule has 0 aliphatic heterocycles. The molecule has 4 N–H and O–H groups in total. The van der Waals surface area contributed by atoms with Crippen molar-refractivity contribution in [2.24, 2.45) is 23.0 Å². The van der Waals surface area contributed by atoms with Crippen LogP contribution in [-0.2, 0) is 9.59 Å². The first-order chi connectivity index (χ1) is 15.5. The van der Waals surface area contributed by atoms with Crippen LogP contribution >= 0.6 is 0 Å². The number of amides is 2. The Morgan fingerprint density at radius 1 is 0.727 bits per heavy atom. The van der Waals surface area contributed by atoms with Gasteiger partial charge in [-0.1, -0.05) is 66.2 Å². The summed E-state index contributed by atoms with van der Waals surface area (Å²) in [4.78, 5) is 28.6. The number of hydrogen-bond donors (Lipinski definition) is 3. The second-order valence-electron chi connectivity index (χ2n) is 12.3. The Balaban J connectivity index is 2.13. The summed E-state index contributed by atoms with van der Waals surface area (Å²) in [7, 11) is 0. The van der Waals surface area contributed by atoms with Crippen LogP contribution in [0.25, 0.3) is 0 Å². The molecule has 3 saturated carbocycles. The minimum absolute atomic E-state index is 0.246.